The second-order valence-electron chi connectivity index (χ2n) is 2.51. The minimum Gasteiger partial charge on any atom is -0.319 e. The Morgan fingerprint density at radius 1 is 1.25 bits per heavy atom. The monoisotopic (exact) mass is 164 g/mol. The van der Waals surface area contributed by atoms with Crippen LogP contribution in [0.1, 0.15) is 10.4 Å². The average Bonchev–Trinajstić information content (AvgIpc) is 2.03. The van der Waals surface area contributed by atoms with Crippen LogP contribution in [0.15, 0.2) is 30.3 Å². The zero-order chi connectivity index (χ0) is 8.39. The van der Waals surface area contributed by atoms with Gasteiger partial charge in [0, 0.05) is 5.56 Å². The molecular weight excluding hydrogens is 156 g/mol. The molecule has 2 rings (SSSR count). The van der Waals surface area contributed by atoms with E-state index in [1.165, 1.54) is 0 Å². The molecule has 12 heavy (non-hydrogen) atoms. The summed E-state index contributed by atoms with van der Waals surface area (Å²) in [6.07, 6.45) is -0.674. The van der Waals surface area contributed by atoms with Gasteiger partial charge in [-0.2, -0.15) is 0 Å². The molecule has 62 valence electrons. The molecule has 1 heterocycles. The number of benzene rings is 1. The molecule has 0 spiro atoms. The predicted octanol–water partition coefficient (Wildman–Crippen LogP) is 1.20. The second kappa shape index (κ2) is 3.05. The van der Waals surface area contributed by atoms with Crippen LogP contribution < -0.4 is 0 Å². The van der Waals surface area contributed by atoms with Gasteiger partial charge in [0.1, 0.15) is 0 Å². The van der Waals surface area contributed by atoms with Crippen LogP contribution in [0.25, 0.3) is 0 Å². The van der Waals surface area contributed by atoms with E-state index in [0.717, 1.165) is 0 Å². The summed E-state index contributed by atoms with van der Waals surface area (Å²) in [5.41, 5.74) is 0.627. The first-order valence-corrected chi connectivity index (χ1v) is 3.70. The van der Waals surface area contributed by atoms with Crippen molar-refractivity contribution in [2.24, 2.45) is 0 Å². The van der Waals surface area contributed by atoms with E-state index in [4.69, 9.17) is 9.47 Å². The van der Waals surface area contributed by atoms with E-state index in [1.807, 2.05) is 18.2 Å². The molecular formula is C9H8O3. The standard InChI is InChI=1S/C9H8O3/c10-8(9-11-6-12-9)7-4-2-1-3-5-7/h1-5,9H,6H2. The molecule has 0 N–H and O–H groups in total. The third kappa shape index (κ3) is 1.24. The van der Waals surface area contributed by atoms with Crippen LogP contribution in [0.5, 0.6) is 0 Å². The fourth-order valence-corrected chi connectivity index (χ4v) is 1.03. The molecule has 0 bridgehead atoms. The van der Waals surface area contributed by atoms with Crippen molar-refractivity contribution in [2.75, 3.05) is 6.79 Å². The van der Waals surface area contributed by atoms with Gasteiger partial charge in [-0.3, -0.25) is 4.79 Å². The van der Waals surface area contributed by atoms with E-state index in [9.17, 15) is 4.79 Å². The summed E-state index contributed by atoms with van der Waals surface area (Å²) in [5, 5.41) is 0. The summed E-state index contributed by atoms with van der Waals surface area (Å²) in [5.74, 6) is -0.109. The predicted molar refractivity (Wildman–Crippen MR) is 41.6 cm³/mol. The average molecular weight is 164 g/mol. The van der Waals surface area contributed by atoms with Gasteiger partial charge in [0.05, 0.1) is 0 Å². The van der Waals surface area contributed by atoms with Crippen molar-refractivity contribution in [3.63, 3.8) is 0 Å². The van der Waals surface area contributed by atoms with Gasteiger partial charge in [-0.05, 0) is 0 Å². The molecule has 1 fully saturated rings. The van der Waals surface area contributed by atoms with Crippen LogP contribution in [-0.2, 0) is 9.47 Å². The Morgan fingerprint density at radius 2 is 1.92 bits per heavy atom. The normalized spacial score (nSPS) is 17.0. The smallest absolute Gasteiger partial charge is 0.226 e. The summed E-state index contributed by atoms with van der Waals surface area (Å²) in [7, 11) is 0. The second-order valence-corrected chi connectivity index (χ2v) is 2.51. The van der Waals surface area contributed by atoms with Gasteiger partial charge in [-0.25, -0.2) is 0 Å². The van der Waals surface area contributed by atoms with Crippen molar-refractivity contribution in [1.29, 1.82) is 0 Å². The molecule has 1 aromatic carbocycles. The minimum atomic E-state index is -0.674. The Labute approximate surface area is 69.9 Å². The van der Waals surface area contributed by atoms with Gasteiger partial charge in [0.2, 0.25) is 12.1 Å². The lowest BCUT2D eigenvalue weighted by atomic mass is 10.1. The first-order valence-electron chi connectivity index (χ1n) is 3.70. The molecule has 0 radical (unpaired) electrons. The molecule has 0 aromatic heterocycles. The van der Waals surface area contributed by atoms with E-state index in [2.05, 4.69) is 0 Å². The molecule has 0 unspecified atom stereocenters. The lowest BCUT2D eigenvalue weighted by Crippen LogP contribution is -2.37. The fourth-order valence-electron chi connectivity index (χ4n) is 1.03. The third-order valence-electron chi connectivity index (χ3n) is 1.71. The number of ketones is 1. The van der Waals surface area contributed by atoms with E-state index in [0.29, 0.717) is 5.56 Å². The Bertz CT molecular complexity index is 277. The Hall–Kier alpha value is -1.19. The van der Waals surface area contributed by atoms with Crippen LogP contribution in [0.3, 0.4) is 0 Å². The SMILES string of the molecule is O=C(c1ccccc1)C1OCO1. The van der Waals surface area contributed by atoms with Gasteiger partial charge in [0.25, 0.3) is 0 Å². The topological polar surface area (TPSA) is 35.5 Å². The molecule has 1 aromatic rings. The highest BCUT2D eigenvalue weighted by Crippen LogP contribution is 2.13. The summed E-state index contributed by atoms with van der Waals surface area (Å²) < 4.78 is 9.75. The molecule has 0 amide bonds. The molecule has 0 saturated carbocycles. The van der Waals surface area contributed by atoms with Crippen molar-refractivity contribution >= 4 is 5.78 Å². The molecule has 1 aliphatic heterocycles. The largest absolute Gasteiger partial charge is 0.319 e. The number of carbonyl (C=O) groups excluding carboxylic acids is 1. The summed E-state index contributed by atoms with van der Waals surface area (Å²) in [4.78, 5) is 11.4. The number of carbonyl (C=O) groups is 1. The lowest BCUT2D eigenvalue weighted by molar-refractivity contribution is -0.291. The highest BCUT2D eigenvalue weighted by atomic mass is 16.8. The van der Waals surface area contributed by atoms with Crippen molar-refractivity contribution in [1.82, 2.24) is 0 Å². The van der Waals surface area contributed by atoms with Crippen LogP contribution in [0, 0.1) is 0 Å². The maximum atomic E-state index is 11.4. The van der Waals surface area contributed by atoms with Gasteiger partial charge in [0.15, 0.2) is 6.79 Å². The quantitative estimate of drug-likeness (QED) is 0.616. The molecule has 0 aliphatic carbocycles. The van der Waals surface area contributed by atoms with Gasteiger partial charge in [-0.1, -0.05) is 30.3 Å². The maximum absolute atomic E-state index is 11.4. The highest BCUT2D eigenvalue weighted by Gasteiger charge is 2.27. The van der Waals surface area contributed by atoms with Crippen molar-refractivity contribution < 1.29 is 14.3 Å². The molecule has 1 aliphatic rings. The van der Waals surface area contributed by atoms with Crippen LogP contribution in [-0.4, -0.2) is 18.9 Å². The van der Waals surface area contributed by atoms with Gasteiger partial charge in [-0.15, -0.1) is 0 Å². The molecule has 0 atom stereocenters. The minimum absolute atomic E-state index is 0.109. The number of Topliss-reactive ketones (excluding diaryl/α,β-unsaturated/α-hetero) is 1. The first-order chi connectivity index (χ1) is 5.88. The van der Waals surface area contributed by atoms with Crippen molar-refractivity contribution in [3.8, 4) is 0 Å². The molecule has 3 heteroatoms. The van der Waals surface area contributed by atoms with E-state index < -0.39 is 6.29 Å². The van der Waals surface area contributed by atoms with Crippen LogP contribution in [0.2, 0.25) is 0 Å². The lowest BCUT2D eigenvalue weighted by Gasteiger charge is -2.25. The molecule has 3 nitrogen and oxygen atoms in total. The van der Waals surface area contributed by atoms with Crippen LogP contribution >= 0.6 is 0 Å². The summed E-state index contributed by atoms with van der Waals surface area (Å²) in [6, 6.07) is 8.97. The number of ether oxygens (including phenoxy) is 2. The zero-order valence-electron chi connectivity index (χ0n) is 6.40. The summed E-state index contributed by atoms with van der Waals surface area (Å²) in [6.45, 7) is 0.225. The molecule has 1 saturated heterocycles. The van der Waals surface area contributed by atoms with Crippen LogP contribution in [0.4, 0.5) is 0 Å². The number of rotatable bonds is 2. The van der Waals surface area contributed by atoms with Gasteiger partial charge >= 0.3 is 0 Å². The third-order valence-corrected chi connectivity index (χ3v) is 1.71. The van der Waals surface area contributed by atoms with E-state index in [-0.39, 0.29) is 12.6 Å². The maximum Gasteiger partial charge on any atom is 0.226 e. The highest BCUT2D eigenvalue weighted by molar-refractivity contribution is 5.98. The van der Waals surface area contributed by atoms with Crippen molar-refractivity contribution in [2.45, 2.75) is 6.29 Å². The van der Waals surface area contributed by atoms with Gasteiger partial charge < -0.3 is 9.47 Å². The zero-order valence-corrected chi connectivity index (χ0v) is 6.40. The Morgan fingerprint density at radius 3 is 2.42 bits per heavy atom. The number of hydrogen-bond donors (Lipinski definition) is 0. The van der Waals surface area contributed by atoms with E-state index in [1.54, 1.807) is 12.1 Å². The Balaban J connectivity index is 2.14. The number of hydrogen-bond acceptors (Lipinski definition) is 3. The summed E-state index contributed by atoms with van der Waals surface area (Å²) >= 11 is 0. The van der Waals surface area contributed by atoms with E-state index >= 15 is 0 Å². The Kier molecular flexibility index (Phi) is 1.89. The van der Waals surface area contributed by atoms with Crippen molar-refractivity contribution in [3.05, 3.63) is 35.9 Å². The fraction of sp³-hybridized carbons (Fsp3) is 0.222. The first kappa shape index (κ1) is 7.46.